The van der Waals surface area contributed by atoms with E-state index in [-0.39, 0.29) is 11.3 Å². The zero-order valence-electron chi connectivity index (χ0n) is 10.3. The molecule has 2 N–H and O–H groups in total. The number of carboxylic acid groups (broad SMARTS) is 1. The molecule has 19 heavy (non-hydrogen) atoms. The highest BCUT2D eigenvalue weighted by Gasteiger charge is 2.24. The van der Waals surface area contributed by atoms with Crippen molar-refractivity contribution in [1.29, 1.82) is 5.26 Å². The van der Waals surface area contributed by atoms with Gasteiger partial charge in [-0.15, -0.1) is 0 Å². The van der Waals surface area contributed by atoms with Crippen LogP contribution in [0.3, 0.4) is 0 Å². The fourth-order valence-corrected chi connectivity index (χ4v) is 2.71. The number of hydrogen-bond acceptors (Lipinski definition) is 4. The first kappa shape index (κ1) is 15.1. The summed E-state index contributed by atoms with van der Waals surface area (Å²) < 4.78 is 26.1. The molecule has 1 rings (SSSR count). The zero-order chi connectivity index (χ0) is 14.5. The molecule has 102 valence electrons. The highest BCUT2D eigenvalue weighted by atomic mass is 32.2. The molecule has 0 fully saturated rings. The van der Waals surface area contributed by atoms with Gasteiger partial charge in [0.05, 0.1) is 16.5 Å². The molecule has 6 nitrogen and oxygen atoms in total. The van der Waals surface area contributed by atoms with E-state index in [2.05, 4.69) is 4.72 Å². The van der Waals surface area contributed by atoms with Crippen LogP contribution in [-0.4, -0.2) is 25.5 Å². The molecule has 0 aliphatic rings. The number of nitrogens with zero attached hydrogens (tertiary/aromatic N) is 1. The van der Waals surface area contributed by atoms with Crippen LogP contribution < -0.4 is 4.72 Å². The minimum Gasteiger partial charge on any atom is -0.480 e. The van der Waals surface area contributed by atoms with Crippen LogP contribution in [0.1, 0.15) is 25.3 Å². The molecule has 0 spiro atoms. The van der Waals surface area contributed by atoms with Crippen molar-refractivity contribution >= 4 is 16.0 Å². The van der Waals surface area contributed by atoms with Gasteiger partial charge in [-0.25, -0.2) is 8.42 Å². The molecule has 0 radical (unpaired) electrons. The van der Waals surface area contributed by atoms with Gasteiger partial charge in [0, 0.05) is 0 Å². The average Bonchev–Trinajstić information content (AvgIpc) is 2.38. The van der Waals surface area contributed by atoms with E-state index in [0.717, 1.165) is 0 Å². The predicted molar refractivity (Wildman–Crippen MR) is 67.8 cm³/mol. The van der Waals surface area contributed by atoms with Crippen LogP contribution in [0, 0.1) is 11.3 Å². The molecule has 7 heteroatoms. The normalized spacial score (nSPS) is 12.6. The second-order valence-electron chi connectivity index (χ2n) is 3.94. The number of benzene rings is 1. The molecule has 0 bridgehead atoms. The number of aliphatic carboxylic acids is 1. The molecule has 0 saturated heterocycles. The number of nitriles is 1. The number of hydrogen-bond donors (Lipinski definition) is 2. The van der Waals surface area contributed by atoms with Crippen molar-refractivity contribution in [2.24, 2.45) is 0 Å². The van der Waals surface area contributed by atoms with Crippen molar-refractivity contribution in [2.75, 3.05) is 0 Å². The number of carbonyl (C=O) groups is 1. The number of nitrogens with one attached hydrogen (secondary N) is 1. The van der Waals surface area contributed by atoms with Crippen LogP contribution in [0.2, 0.25) is 0 Å². The van der Waals surface area contributed by atoms with Gasteiger partial charge < -0.3 is 5.11 Å². The zero-order valence-corrected chi connectivity index (χ0v) is 11.1. The summed E-state index contributed by atoms with van der Waals surface area (Å²) >= 11 is 0. The van der Waals surface area contributed by atoms with Crippen molar-refractivity contribution in [3.05, 3.63) is 29.8 Å². The van der Waals surface area contributed by atoms with Gasteiger partial charge in [0.25, 0.3) is 0 Å². The smallest absolute Gasteiger partial charge is 0.321 e. The van der Waals surface area contributed by atoms with E-state index < -0.39 is 22.0 Å². The molecule has 0 heterocycles. The molecule has 1 aromatic carbocycles. The van der Waals surface area contributed by atoms with Crippen LogP contribution in [0.4, 0.5) is 0 Å². The second kappa shape index (κ2) is 6.31. The van der Waals surface area contributed by atoms with Gasteiger partial charge in [-0.2, -0.15) is 9.98 Å². The Bertz CT molecular complexity index is 587. The van der Waals surface area contributed by atoms with Crippen LogP contribution in [-0.2, 0) is 14.8 Å². The lowest BCUT2D eigenvalue weighted by Crippen LogP contribution is -2.40. The van der Waals surface area contributed by atoms with Crippen molar-refractivity contribution < 1.29 is 18.3 Å². The summed E-state index contributed by atoms with van der Waals surface area (Å²) in [5.41, 5.74) is 0.335. The van der Waals surface area contributed by atoms with Gasteiger partial charge in [-0.1, -0.05) is 13.3 Å². The Morgan fingerprint density at radius 3 is 2.42 bits per heavy atom. The molecule has 1 atom stereocenters. The lowest BCUT2D eigenvalue weighted by Gasteiger charge is -2.13. The Hall–Kier alpha value is -1.91. The Kier molecular flexibility index (Phi) is 5.03. The second-order valence-corrected chi connectivity index (χ2v) is 5.65. The minimum absolute atomic E-state index is 0.0612. The third kappa shape index (κ3) is 4.05. The minimum atomic E-state index is -3.89. The largest absolute Gasteiger partial charge is 0.480 e. The third-order valence-electron chi connectivity index (χ3n) is 2.47. The SMILES string of the molecule is CCC[C@H](NS(=O)(=O)c1ccc(C#N)cc1)C(=O)O. The first-order valence-electron chi connectivity index (χ1n) is 5.66. The van der Waals surface area contributed by atoms with E-state index in [9.17, 15) is 13.2 Å². The van der Waals surface area contributed by atoms with Crippen LogP contribution in [0.25, 0.3) is 0 Å². The summed E-state index contributed by atoms with van der Waals surface area (Å²) in [6, 6.07) is 6.00. The van der Waals surface area contributed by atoms with Crippen LogP contribution in [0.15, 0.2) is 29.2 Å². The monoisotopic (exact) mass is 282 g/mol. The van der Waals surface area contributed by atoms with Crippen molar-refractivity contribution in [1.82, 2.24) is 4.72 Å². The van der Waals surface area contributed by atoms with Gasteiger partial charge in [0.1, 0.15) is 6.04 Å². The van der Waals surface area contributed by atoms with Crippen LogP contribution >= 0.6 is 0 Å². The lowest BCUT2D eigenvalue weighted by molar-refractivity contribution is -0.139. The highest BCUT2D eigenvalue weighted by molar-refractivity contribution is 7.89. The molecule has 0 saturated carbocycles. The number of rotatable bonds is 6. The summed E-state index contributed by atoms with van der Waals surface area (Å²) in [5, 5.41) is 17.6. The Balaban J connectivity index is 2.96. The fourth-order valence-electron chi connectivity index (χ4n) is 1.49. The Morgan fingerprint density at radius 1 is 1.42 bits per heavy atom. The molecule has 1 aromatic rings. The van der Waals surface area contributed by atoms with Gasteiger partial charge in [0.15, 0.2) is 0 Å². The van der Waals surface area contributed by atoms with Crippen molar-refractivity contribution in [2.45, 2.75) is 30.7 Å². The van der Waals surface area contributed by atoms with E-state index in [1.165, 1.54) is 24.3 Å². The van der Waals surface area contributed by atoms with E-state index in [1.807, 2.05) is 6.07 Å². The molecule has 0 amide bonds. The first-order chi connectivity index (χ1) is 8.90. The molecule has 0 aliphatic carbocycles. The summed E-state index contributed by atoms with van der Waals surface area (Å²) in [7, 11) is -3.89. The maximum atomic E-state index is 12.0. The third-order valence-corrected chi connectivity index (χ3v) is 3.95. The van der Waals surface area contributed by atoms with Crippen molar-refractivity contribution in [3.8, 4) is 6.07 Å². The molecule has 0 unspecified atom stereocenters. The lowest BCUT2D eigenvalue weighted by atomic mass is 10.2. The van der Waals surface area contributed by atoms with Gasteiger partial charge in [-0.3, -0.25) is 4.79 Å². The highest BCUT2D eigenvalue weighted by Crippen LogP contribution is 2.11. The number of sulfonamides is 1. The maximum absolute atomic E-state index is 12.0. The molecular formula is C12H14N2O4S. The van der Waals surface area contributed by atoms with E-state index >= 15 is 0 Å². The van der Waals surface area contributed by atoms with E-state index in [4.69, 9.17) is 10.4 Å². The van der Waals surface area contributed by atoms with Gasteiger partial charge in [0.2, 0.25) is 10.0 Å². The quantitative estimate of drug-likeness (QED) is 0.812. The Morgan fingerprint density at radius 2 is 2.00 bits per heavy atom. The van der Waals surface area contributed by atoms with Gasteiger partial charge >= 0.3 is 5.97 Å². The molecule has 0 aliphatic heterocycles. The standard InChI is InChI=1S/C12H14N2O4S/c1-2-3-11(12(15)16)14-19(17,18)10-6-4-9(8-13)5-7-10/h4-7,11,14H,2-3H2,1H3,(H,15,16)/t11-/m0/s1. The van der Waals surface area contributed by atoms with Gasteiger partial charge in [-0.05, 0) is 30.7 Å². The summed E-state index contributed by atoms with van der Waals surface area (Å²) in [4.78, 5) is 10.9. The van der Waals surface area contributed by atoms with Crippen molar-refractivity contribution in [3.63, 3.8) is 0 Å². The van der Waals surface area contributed by atoms with Crippen LogP contribution in [0.5, 0.6) is 0 Å². The summed E-state index contributed by atoms with van der Waals surface area (Å²) in [5.74, 6) is -1.21. The van der Waals surface area contributed by atoms with E-state index in [0.29, 0.717) is 12.0 Å². The fraction of sp³-hybridized carbons (Fsp3) is 0.333. The first-order valence-corrected chi connectivity index (χ1v) is 7.14. The predicted octanol–water partition coefficient (Wildman–Crippen LogP) is 1.09. The van der Waals surface area contributed by atoms with E-state index in [1.54, 1.807) is 6.92 Å². The molecule has 0 aromatic heterocycles. The topological polar surface area (TPSA) is 107 Å². The summed E-state index contributed by atoms with van der Waals surface area (Å²) in [6.07, 6.45) is 0.762. The number of carboxylic acids is 1. The molecular weight excluding hydrogens is 268 g/mol. The summed E-state index contributed by atoms with van der Waals surface area (Å²) in [6.45, 7) is 1.77. The average molecular weight is 282 g/mol. The Labute approximate surface area is 111 Å². The maximum Gasteiger partial charge on any atom is 0.321 e.